The smallest absolute Gasteiger partial charge is 0.338 e. The van der Waals surface area contributed by atoms with Crippen LogP contribution < -0.4 is 5.73 Å². The Balaban J connectivity index is 0.00000208. The van der Waals surface area contributed by atoms with Crippen molar-refractivity contribution in [3.63, 3.8) is 0 Å². The van der Waals surface area contributed by atoms with E-state index in [0.717, 1.165) is 42.6 Å². The normalized spacial score (nSPS) is 24.9. The number of ether oxygens (including phenoxy) is 1. The molecule has 5 nitrogen and oxygen atoms in total. The summed E-state index contributed by atoms with van der Waals surface area (Å²) in [5, 5.41) is 10.7. The molecule has 6 heteroatoms. The molecule has 1 saturated heterocycles. The van der Waals surface area contributed by atoms with E-state index in [-0.39, 0.29) is 23.8 Å². The van der Waals surface area contributed by atoms with Crippen LogP contribution in [0.2, 0.25) is 0 Å². The van der Waals surface area contributed by atoms with Gasteiger partial charge in [0.15, 0.2) is 0 Å². The average molecular weight is 355 g/mol. The van der Waals surface area contributed by atoms with Crippen LogP contribution in [0.4, 0.5) is 0 Å². The van der Waals surface area contributed by atoms with E-state index >= 15 is 0 Å². The maximum Gasteiger partial charge on any atom is 0.338 e. The van der Waals surface area contributed by atoms with E-state index in [9.17, 15) is 9.90 Å². The number of fused-ring (bicyclic) bond motifs is 1. The standard InChI is InChI=1S/C18H26N2O3.ClH/c1-12-13(4-5-14-15(12)9-23-17(14)22)16(21)8-20-7-3-6-18(2,10-19)11-20;/h4-5,16,21H,3,6-11,19H2,1-2H3;1H/t16?,18-;/m1./s1. The molecule has 0 radical (unpaired) electrons. The second-order valence-electron chi connectivity index (χ2n) is 7.25. The number of aliphatic hydroxyl groups excluding tert-OH is 1. The van der Waals surface area contributed by atoms with Gasteiger partial charge in [0.05, 0.1) is 11.7 Å². The first-order valence-corrected chi connectivity index (χ1v) is 8.33. The Hall–Kier alpha value is -1.14. The van der Waals surface area contributed by atoms with Crippen LogP contribution in [0, 0.1) is 12.3 Å². The summed E-state index contributed by atoms with van der Waals surface area (Å²) in [6.45, 7) is 7.69. The van der Waals surface area contributed by atoms with Gasteiger partial charge in [-0.05, 0) is 55.5 Å². The fourth-order valence-electron chi connectivity index (χ4n) is 3.82. The highest BCUT2D eigenvalue weighted by Crippen LogP contribution is 2.32. The summed E-state index contributed by atoms with van der Waals surface area (Å²) in [6, 6.07) is 3.63. The van der Waals surface area contributed by atoms with Crippen LogP contribution in [0.1, 0.15) is 52.9 Å². The highest BCUT2D eigenvalue weighted by atomic mass is 35.5. The molecule has 1 unspecified atom stereocenters. The highest BCUT2D eigenvalue weighted by molar-refractivity contribution is 5.93. The SMILES string of the molecule is Cc1c(C(O)CN2CCC[C@](C)(CN)C2)ccc2c1COC2=O.Cl. The molecule has 3 N–H and O–H groups in total. The molecule has 2 atom stereocenters. The number of hydrogen-bond acceptors (Lipinski definition) is 5. The van der Waals surface area contributed by atoms with Gasteiger partial charge in [0.2, 0.25) is 0 Å². The second kappa shape index (κ2) is 7.40. The first kappa shape index (κ1) is 19.2. The molecular formula is C18H27ClN2O3. The number of nitrogens with two attached hydrogens (primary N) is 1. The molecule has 0 amide bonds. The molecule has 1 aromatic rings. The van der Waals surface area contributed by atoms with Gasteiger partial charge in [0.25, 0.3) is 0 Å². The third-order valence-electron chi connectivity index (χ3n) is 5.35. The first-order valence-electron chi connectivity index (χ1n) is 8.33. The number of piperidine rings is 1. The van der Waals surface area contributed by atoms with E-state index < -0.39 is 6.10 Å². The maximum atomic E-state index is 11.6. The zero-order valence-electron chi connectivity index (χ0n) is 14.4. The number of carbonyl (C=O) groups is 1. The minimum absolute atomic E-state index is 0. The van der Waals surface area contributed by atoms with Crippen LogP contribution in [-0.4, -0.2) is 42.2 Å². The number of carbonyl (C=O) groups excluding carboxylic acids is 1. The Kier molecular flexibility index (Phi) is 5.91. The van der Waals surface area contributed by atoms with E-state index in [0.29, 0.717) is 25.3 Å². The van der Waals surface area contributed by atoms with Gasteiger partial charge in [-0.2, -0.15) is 0 Å². The lowest BCUT2D eigenvalue weighted by atomic mass is 9.82. The number of aliphatic hydroxyl groups is 1. The predicted molar refractivity (Wildman–Crippen MR) is 95.3 cm³/mol. The molecule has 0 aromatic heterocycles. The Morgan fingerprint density at radius 3 is 2.92 bits per heavy atom. The fourth-order valence-corrected chi connectivity index (χ4v) is 3.82. The number of hydrogen-bond donors (Lipinski definition) is 2. The molecular weight excluding hydrogens is 328 g/mol. The molecule has 2 heterocycles. The number of likely N-dealkylation sites (tertiary alicyclic amines) is 1. The van der Waals surface area contributed by atoms with Crippen molar-refractivity contribution in [2.24, 2.45) is 11.1 Å². The van der Waals surface area contributed by atoms with Crippen molar-refractivity contribution in [2.45, 2.75) is 39.4 Å². The minimum Gasteiger partial charge on any atom is -0.457 e. The Morgan fingerprint density at radius 2 is 2.21 bits per heavy atom. The number of benzene rings is 1. The predicted octanol–water partition coefficient (Wildman–Crippen LogP) is 2.18. The summed E-state index contributed by atoms with van der Waals surface area (Å²) in [5.74, 6) is -0.265. The Morgan fingerprint density at radius 1 is 1.46 bits per heavy atom. The van der Waals surface area contributed by atoms with Crippen molar-refractivity contribution in [3.8, 4) is 0 Å². The van der Waals surface area contributed by atoms with Crippen LogP contribution in [0.15, 0.2) is 12.1 Å². The third-order valence-corrected chi connectivity index (χ3v) is 5.35. The van der Waals surface area contributed by atoms with Crippen LogP contribution in [0.25, 0.3) is 0 Å². The maximum absolute atomic E-state index is 11.6. The van der Waals surface area contributed by atoms with Gasteiger partial charge >= 0.3 is 5.97 Å². The zero-order valence-corrected chi connectivity index (χ0v) is 15.2. The number of cyclic esters (lactones) is 1. The number of β-amino-alcohol motifs (C(OH)–C–C–N with tert-alkyl or cyclic N) is 1. The highest BCUT2D eigenvalue weighted by Gasteiger charge is 2.31. The van der Waals surface area contributed by atoms with E-state index in [4.69, 9.17) is 10.5 Å². The molecule has 2 aliphatic heterocycles. The zero-order chi connectivity index (χ0) is 16.6. The molecule has 1 fully saturated rings. The van der Waals surface area contributed by atoms with Crippen molar-refractivity contribution < 1.29 is 14.6 Å². The van der Waals surface area contributed by atoms with Crippen molar-refractivity contribution in [1.82, 2.24) is 4.90 Å². The summed E-state index contributed by atoms with van der Waals surface area (Å²) in [6.07, 6.45) is 1.70. The summed E-state index contributed by atoms with van der Waals surface area (Å²) < 4.78 is 5.09. The molecule has 0 spiro atoms. The van der Waals surface area contributed by atoms with E-state index in [2.05, 4.69) is 11.8 Å². The molecule has 0 saturated carbocycles. The average Bonchev–Trinajstić information content (AvgIpc) is 2.90. The monoisotopic (exact) mass is 354 g/mol. The minimum atomic E-state index is -0.559. The number of rotatable bonds is 4. The van der Waals surface area contributed by atoms with E-state index in [1.54, 1.807) is 6.07 Å². The number of esters is 1. The molecule has 0 bridgehead atoms. The van der Waals surface area contributed by atoms with Gasteiger partial charge in [-0.1, -0.05) is 13.0 Å². The summed E-state index contributed by atoms with van der Waals surface area (Å²) in [5.41, 5.74) is 9.46. The largest absolute Gasteiger partial charge is 0.457 e. The molecule has 0 aliphatic carbocycles. The lowest BCUT2D eigenvalue weighted by molar-refractivity contribution is 0.0535. The quantitative estimate of drug-likeness (QED) is 0.810. The first-order chi connectivity index (χ1) is 10.9. The Bertz CT molecular complexity index is 623. The van der Waals surface area contributed by atoms with Gasteiger partial charge in [0, 0.05) is 18.7 Å². The summed E-state index contributed by atoms with van der Waals surface area (Å²) >= 11 is 0. The van der Waals surface area contributed by atoms with Gasteiger partial charge in [-0.25, -0.2) is 4.79 Å². The van der Waals surface area contributed by atoms with Gasteiger partial charge in [-0.15, -0.1) is 12.4 Å². The molecule has 1 aromatic carbocycles. The van der Waals surface area contributed by atoms with E-state index in [1.165, 1.54) is 0 Å². The second-order valence-corrected chi connectivity index (χ2v) is 7.25. The van der Waals surface area contributed by atoms with Gasteiger partial charge < -0.3 is 15.6 Å². The van der Waals surface area contributed by atoms with Crippen LogP contribution in [-0.2, 0) is 11.3 Å². The fraction of sp³-hybridized carbons (Fsp3) is 0.611. The van der Waals surface area contributed by atoms with Crippen molar-refractivity contribution in [2.75, 3.05) is 26.2 Å². The lowest BCUT2D eigenvalue weighted by Gasteiger charge is -2.40. The third kappa shape index (κ3) is 3.59. The molecule has 134 valence electrons. The summed E-state index contributed by atoms with van der Waals surface area (Å²) in [7, 11) is 0. The van der Waals surface area contributed by atoms with Crippen LogP contribution in [0.3, 0.4) is 0 Å². The molecule has 24 heavy (non-hydrogen) atoms. The lowest BCUT2D eigenvalue weighted by Crippen LogP contribution is -2.46. The van der Waals surface area contributed by atoms with Crippen LogP contribution >= 0.6 is 12.4 Å². The number of nitrogens with zero attached hydrogens (tertiary/aromatic N) is 1. The van der Waals surface area contributed by atoms with E-state index in [1.807, 2.05) is 13.0 Å². The van der Waals surface area contributed by atoms with Crippen molar-refractivity contribution >= 4 is 18.4 Å². The van der Waals surface area contributed by atoms with Crippen molar-refractivity contribution in [3.05, 3.63) is 34.4 Å². The Labute approximate surface area is 149 Å². The summed E-state index contributed by atoms with van der Waals surface area (Å²) in [4.78, 5) is 13.9. The van der Waals surface area contributed by atoms with Gasteiger partial charge in [0.1, 0.15) is 6.61 Å². The van der Waals surface area contributed by atoms with Gasteiger partial charge in [-0.3, -0.25) is 4.90 Å². The molecule has 2 aliphatic rings. The van der Waals surface area contributed by atoms with Crippen molar-refractivity contribution in [1.29, 1.82) is 0 Å². The number of halogens is 1. The van der Waals surface area contributed by atoms with Crippen LogP contribution in [0.5, 0.6) is 0 Å². The molecule has 3 rings (SSSR count). The topological polar surface area (TPSA) is 75.8 Å².